The molecular formula is C20H14ClNO4. The Balaban J connectivity index is 1.83. The zero-order chi connectivity index (χ0) is 18.7. The van der Waals surface area contributed by atoms with Crippen LogP contribution in [0, 0.1) is 17.0 Å². The molecule has 3 rings (SSSR count). The van der Waals surface area contributed by atoms with E-state index in [4.69, 9.17) is 16.0 Å². The van der Waals surface area contributed by atoms with Crippen molar-refractivity contribution in [2.45, 2.75) is 6.92 Å². The Morgan fingerprint density at radius 1 is 1.12 bits per heavy atom. The van der Waals surface area contributed by atoms with Crippen LogP contribution in [-0.4, -0.2) is 10.7 Å². The maximum Gasteiger partial charge on any atom is 0.281 e. The highest BCUT2D eigenvalue weighted by Gasteiger charge is 2.18. The molecule has 0 aliphatic heterocycles. The molecule has 0 spiro atoms. The number of carbonyl (C=O) groups is 1. The molecule has 130 valence electrons. The molecule has 2 aromatic carbocycles. The van der Waals surface area contributed by atoms with E-state index in [1.165, 1.54) is 24.3 Å². The minimum atomic E-state index is -0.514. The summed E-state index contributed by atoms with van der Waals surface area (Å²) in [6.07, 6.45) is 2.94. The van der Waals surface area contributed by atoms with E-state index < -0.39 is 4.92 Å². The highest BCUT2D eigenvalue weighted by molar-refractivity contribution is 6.30. The van der Waals surface area contributed by atoms with Crippen molar-refractivity contribution in [3.63, 3.8) is 0 Å². The van der Waals surface area contributed by atoms with Crippen LogP contribution >= 0.6 is 11.6 Å². The number of aryl methyl sites for hydroxylation is 1. The average Bonchev–Trinajstić information content (AvgIpc) is 3.09. The van der Waals surface area contributed by atoms with E-state index >= 15 is 0 Å². The van der Waals surface area contributed by atoms with Crippen LogP contribution in [-0.2, 0) is 0 Å². The summed E-state index contributed by atoms with van der Waals surface area (Å²) in [5, 5.41) is 11.5. The Labute approximate surface area is 154 Å². The Kier molecular flexibility index (Phi) is 5.00. The predicted octanol–water partition coefficient (Wildman–Crippen LogP) is 5.71. The SMILES string of the molecule is Cc1ccc(C(=O)/C=C/c2ccc(-c3ccc(Cl)cc3[N+](=O)[O-])o2)cc1. The monoisotopic (exact) mass is 367 g/mol. The van der Waals surface area contributed by atoms with E-state index in [2.05, 4.69) is 0 Å². The van der Waals surface area contributed by atoms with E-state index in [1.54, 1.807) is 30.3 Å². The number of nitro groups is 1. The fourth-order valence-corrected chi connectivity index (χ4v) is 2.59. The zero-order valence-electron chi connectivity index (χ0n) is 13.8. The van der Waals surface area contributed by atoms with Gasteiger partial charge in [0.15, 0.2) is 5.78 Å². The molecule has 0 fully saturated rings. The number of hydrogen-bond donors (Lipinski definition) is 0. The summed E-state index contributed by atoms with van der Waals surface area (Å²) in [5.74, 6) is 0.598. The topological polar surface area (TPSA) is 73.3 Å². The molecule has 0 radical (unpaired) electrons. The molecule has 0 unspecified atom stereocenters. The highest BCUT2D eigenvalue weighted by atomic mass is 35.5. The van der Waals surface area contributed by atoms with Gasteiger partial charge < -0.3 is 4.42 Å². The van der Waals surface area contributed by atoms with Crippen molar-refractivity contribution in [2.75, 3.05) is 0 Å². The minimum absolute atomic E-state index is 0.141. The average molecular weight is 368 g/mol. The molecule has 3 aromatic rings. The first-order valence-corrected chi connectivity index (χ1v) is 8.15. The minimum Gasteiger partial charge on any atom is -0.456 e. The third kappa shape index (κ3) is 3.90. The van der Waals surface area contributed by atoms with Crippen molar-refractivity contribution in [3.05, 3.63) is 92.7 Å². The van der Waals surface area contributed by atoms with Crippen molar-refractivity contribution in [3.8, 4) is 11.3 Å². The summed E-state index contributed by atoms with van der Waals surface area (Å²) in [6, 6.07) is 14.9. The molecule has 0 atom stereocenters. The Morgan fingerprint density at radius 2 is 1.85 bits per heavy atom. The number of benzene rings is 2. The van der Waals surface area contributed by atoms with Gasteiger partial charge in [0.2, 0.25) is 0 Å². The van der Waals surface area contributed by atoms with Crippen molar-refractivity contribution in [1.29, 1.82) is 0 Å². The van der Waals surface area contributed by atoms with Crippen molar-refractivity contribution >= 4 is 29.1 Å². The molecule has 1 aromatic heterocycles. The largest absolute Gasteiger partial charge is 0.456 e. The number of allylic oxidation sites excluding steroid dienone is 1. The second-order valence-electron chi connectivity index (χ2n) is 5.68. The molecule has 26 heavy (non-hydrogen) atoms. The molecule has 1 heterocycles. The molecule has 0 aliphatic rings. The van der Waals surface area contributed by atoms with Gasteiger partial charge in [0, 0.05) is 16.7 Å². The van der Waals surface area contributed by atoms with Gasteiger partial charge in [-0.2, -0.15) is 0 Å². The number of halogens is 1. The molecule has 0 bridgehead atoms. The van der Waals surface area contributed by atoms with Crippen LogP contribution in [0.4, 0.5) is 5.69 Å². The molecule has 0 saturated heterocycles. The number of furan rings is 1. The number of hydrogen-bond acceptors (Lipinski definition) is 4. The molecule has 0 amide bonds. The van der Waals surface area contributed by atoms with E-state index in [-0.39, 0.29) is 16.5 Å². The van der Waals surface area contributed by atoms with Crippen molar-refractivity contribution in [1.82, 2.24) is 0 Å². The number of nitrogens with zero attached hydrogens (tertiary/aromatic N) is 1. The third-order valence-corrected chi connectivity index (χ3v) is 4.02. The molecule has 6 heteroatoms. The Hall–Kier alpha value is -3.18. The number of rotatable bonds is 5. The van der Waals surface area contributed by atoms with Crippen molar-refractivity contribution in [2.24, 2.45) is 0 Å². The lowest BCUT2D eigenvalue weighted by atomic mass is 10.1. The standard InChI is InChI=1S/C20H14ClNO4/c1-13-2-4-14(5-3-13)19(23)10-7-16-8-11-20(26-16)17-9-6-15(21)12-18(17)22(24)25/h2-12H,1H3/b10-7+. The lowest BCUT2D eigenvalue weighted by molar-refractivity contribution is -0.384. The van der Waals surface area contributed by atoms with Crippen LogP contribution in [0.25, 0.3) is 17.4 Å². The maximum atomic E-state index is 12.2. The van der Waals surface area contributed by atoms with Crippen LogP contribution < -0.4 is 0 Å². The van der Waals surface area contributed by atoms with E-state index in [0.29, 0.717) is 22.6 Å². The molecule has 0 N–H and O–H groups in total. The Bertz CT molecular complexity index is 1000. The second kappa shape index (κ2) is 7.37. The van der Waals surface area contributed by atoms with Gasteiger partial charge in [0.1, 0.15) is 11.5 Å². The van der Waals surface area contributed by atoms with Crippen LogP contribution in [0.2, 0.25) is 5.02 Å². The summed E-state index contributed by atoms with van der Waals surface area (Å²) in [5.41, 5.74) is 1.83. The maximum absolute atomic E-state index is 12.2. The molecule has 0 aliphatic carbocycles. The lowest BCUT2D eigenvalue weighted by Gasteiger charge is -2.00. The summed E-state index contributed by atoms with van der Waals surface area (Å²) < 4.78 is 5.62. The highest BCUT2D eigenvalue weighted by Crippen LogP contribution is 2.33. The van der Waals surface area contributed by atoms with E-state index in [0.717, 1.165) is 5.56 Å². The van der Waals surface area contributed by atoms with Gasteiger partial charge in [-0.25, -0.2) is 0 Å². The lowest BCUT2D eigenvalue weighted by Crippen LogP contribution is -1.93. The van der Waals surface area contributed by atoms with Gasteiger partial charge in [0.25, 0.3) is 5.69 Å². The zero-order valence-corrected chi connectivity index (χ0v) is 14.6. The van der Waals surface area contributed by atoms with E-state index in [9.17, 15) is 14.9 Å². The molecular weight excluding hydrogens is 354 g/mol. The molecule has 0 saturated carbocycles. The summed E-state index contributed by atoms with van der Waals surface area (Å²) in [7, 11) is 0. The van der Waals surface area contributed by atoms with Crippen LogP contribution in [0.15, 0.2) is 65.1 Å². The van der Waals surface area contributed by atoms with Crippen molar-refractivity contribution < 1.29 is 14.1 Å². The van der Waals surface area contributed by atoms with Gasteiger partial charge in [-0.1, -0.05) is 41.4 Å². The normalized spacial score (nSPS) is 11.0. The fraction of sp³-hybridized carbons (Fsp3) is 0.0500. The smallest absolute Gasteiger partial charge is 0.281 e. The van der Waals surface area contributed by atoms with Crippen LogP contribution in [0.3, 0.4) is 0 Å². The van der Waals surface area contributed by atoms with Crippen LogP contribution in [0.5, 0.6) is 0 Å². The van der Waals surface area contributed by atoms with E-state index in [1.807, 2.05) is 19.1 Å². The first kappa shape index (κ1) is 17.6. The number of carbonyl (C=O) groups excluding carboxylic acids is 1. The Morgan fingerprint density at radius 3 is 2.54 bits per heavy atom. The summed E-state index contributed by atoms with van der Waals surface area (Å²) in [6.45, 7) is 1.95. The number of nitro benzene ring substituents is 1. The summed E-state index contributed by atoms with van der Waals surface area (Å²) in [4.78, 5) is 22.8. The van der Waals surface area contributed by atoms with Gasteiger partial charge in [-0.3, -0.25) is 14.9 Å². The van der Waals surface area contributed by atoms with Gasteiger partial charge in [-0.15, -0.1) is 0 Å². The third-order valence-electron chi connectivity index (χ3n) is 3.78. The van der Waals surface area contributed by atoms with Crippen LogP contribution in [0.1, 0.15) is 21.7 Å². The van der Waals surface area contributed by atoms with Gasteiger partial charge >= 0.3 is 0 Å². The second-order valence-corrected chi connectivity index (χ2v) is 6.12. The first-order valence-electron chi connectivity index (χ1n) is 7.77. The predicted molar refractivity (Wildman–Crippen MR) is 100 cm³/mol. The fourth-order valence-electron chi connectivity index (χ4n) is 2.42. The first-order chi connectivity index (χ1) is 12.4. The molecule has 5 nitrogen and oxygen atoms in total. The van der Waals surface area contributed by atoms with Gasteiger partial charge in [0.05, 0.1) is 10.5 Å². The summed E-state index contributed by atoms with van der Waals surface area (Å²) >= 11 is 5.82. The van der Waals surface area contributed by atoms with Gasteiger partial charge in [-0.05, 0) is 43.3 Å². The quantitative estimate of drug-likeness (QED) is 0.250. The number of ketones is 1.